The lowest BCUT2D eigenvalue weighted by Gasteiger charge is -2.27. The molecule has 0 fully saturated rings. The molecule has 0 spiro atoms. The molecular formula is C47H43BrF2N2O6. The van der Waals surface area contributed by atoms with Crippen molar-refractivity contribution in [2.45, 2.75) is 40.0 Å². The maximum absolute atomic E-state index is 15.4. The SMILES string of the molecule is CCOC(=O)c1cc(Br)cc(N(Cc2ccccc2)Cc2ccccc2)c1F.CCOC(=O)c1cc(C(=O)O)cc(N(Cc2ccccc2)Cc2ccccc2)c1F. The molecule has 6 aromatic carbocycles. The van der Waals surface area contributed by atoms with Crippen molar-refractivity contribution in [3.63, 3.8) is 0 Å². The number of rotatable bonds is 15. The van der Waals surface area contributed by atoms with Gasteiger partial charge in [-0.1, -0.05) is 137 Å². The molecule has 0 aliphatic carbocycles. The van der Waals surface area contributed by atoms with Crippen LogP contribution in [0.5, 0.6) is 0 Å². The number of carboxylic acid groups (broad SMARTS) is 1. The van der Waals surface area contributed by atoms with Crippen LogP contribution in [-0.4, -0.2) is 36.2 Å². The first kappa shape index (κ1) is 42.8. The van der Waals surface area contributed by atoms with Crippen LogP contribution in [0.1, 0.15) is 67.2 Å². The summed E-state index contributed by atoms with van der Waals surface area (Å²) in [7, 11) is 0. The molecule has 0 amide bonds. The van der Waals surface area contributed by atoms with E-state index in [0.29, 0.717) is 36.3 Å². The number of carbonyl (C=O) groups excluding carboxylic acids is 2. The summed E-state index contributed by atoms with van der Waals surface area (Å²) in [6, 6.07) is 44.1. The van der Waals surface area contributed by atoms with Crippen molar-refractivity contribution in [2.24, 2.45) is 0 Å². The van der Waals surface area contributed by atoms with Gasteiger partial charge >= 0.3 is 17.9 Å². The third-order valence-corrected chi connectivity index (χ3v) is 9.31. The van der Waals surface area contributed by atoms with E-state index in [4.69, 9.17) is 9.47 Å². The van der Waals surface area contributed by atoms with Crippen LogP contribution >= 0.6 is 15.9 Å². The average Bonchev–Trinajstić information content (AvgIpc) is 3.23. The van der Waals surface area contributed by atoms with Crippen molar-refractivity contribution < 1.29 is 37.7 Å². The van der Waals surface area contributed by atoms with Gasteiger partial charge in [-0.2, -0.15) is 0 Å². The molecule has 0 aliphatic heterocycles. The summed E-state index contributed by atoms with van der Waals surface area (Å²) in [6.07, 6.45) is 0. The van der Waals surface area contributed by atoms with Crippen LogP contribution in [0.4, 0.5) is 20.2 Å². The van der Waals surface area contributed by atoms with E-state index in [2.05, 4.69) is 15.9 Å². The number of esters is 2. The van der Waals surface area contributed by atoms with Crippen molar-refractivity contribution in [1.29, 1.82) is 0 Å². The summed E-state index contributed by atoms with van der Waals surface area (Å²) < 4.78 is 41.3. The van der Waals surface area contributed by atoms with E-state index in [-0.39, 0.29) is 30.0 Å². The van der Waals surface area contributed by atoms with Crippen LogP contribution in [0, 0.1) is 11.6 Å². The Morgan fingerprint density at radius 1 is 0.534 bits per heavy atom. The Labute approximate surface area is 345 Å². The zero-order chi connectivity index (χ0) is 41.4. The second-order valence-electron chi connectivity index (χ2n) is 13.0. The third-order valence-electron chi connectivity index (χ3n) is 8.86. The Morgan fingerprint density at radius 3 is 1.19 bits per heavy atom. The topological polar surface area (TPSA) is 96.4 Å². The Morgan fingerprint density at radius 2 is 0.862 bits per heavy atom. The summed E-state index contributed by atoms with van der Waals surface area (Å²) >= 11 is 3.40. The number of anilines is 2. The number of carboxylic acids is 1. The monoisotopic (exact) mass is 848 g/mol. The molecule has 298 valence electrons. The van der Waals surface area contributed by atoms with Gasteiger partial charge in [-0.05, 0) is 60.4 Å². The summed E-state index contributed by atoms with van der Waals surface area (Å²) in [5, 5.41) is 9.50. The van der Waals surface area contributed by atoms with E-state index in [1.807, 2.05) is 126 Å². The fourth-order valence-corrected chi connectivity index (χ4v) is 6.60. The first-order valence-corrected chi connectivity index (χ1v) is 19.4. The highest BCUT2D eigenvalue weighted by molar-refractivity contribution is 9.10. The van der Waals surface area contributed by atoms with Crippen molar-refractivity contribution >= 4 is 45.2 Å². The normalized spacial score (nSPS) is 10.5. The summed E-state index contributed by atoms with van der Waals surface area (Å²) in [5.41, 5.74) is 3.69. The Hall–Kier alpha value is -6.33. The number of aromatic carboxylic acids is 1. The average molecular weight is 850 g/mol. The van der Waals surface area contributed by atoms with E-state index >= 15 is 8.78 Å². The van der Waals surface area contributed by atoms with Crippen LogP contribution in [0.15, 0.2) is 150 Å². The predicted molar refractivity (Wildman–Crippen MR) is 225 cm³/mol. The van der Waals surface area contributed by atoms with Crippen LogP contribution < -0.4 is 9.80 Å². The van der Waals surface area contributed by atoms with Crippen molar-refractivity contribution in [2.75, 3.05) is 23.0 Å². The first-order valence-electron chi connectivity index (χ1n) is 18.6. The van der Waals surface area contributed by atoms with Gasteiger partial charge in [-0.15, -0.1) is 0 Å². The van der Waals surface area contributed by atoms with Crippen molar-refractivity contribution in [3.8, 4) is 0 Å². The molecule has 0 saturated carbocycles. The highest BCUT2D eigenvalue weighted by Crippen LogP contribution is 2.31. The number of carbonyl (C=O) groups is 3. The smallest absolute Gasteiger partial charge is 0.341 e. The lowest BCUT2D eigenvalue weighted by atomic mass is 10.1. The number of ether oxygens (including phenoxy) is 2. The van der Waals surface area contributed by atoms with Crippen LogP contribution in [-0.2, 0) is 35.7 Å². The maximum atomic E-state index is 15.4. The van der Waals surface area contributed by atoms with Gasteiger partial charge in [0.15, 0.2) is 11.6 Å². The Kier molecular flexibility index (Phi) is 15.7. The van der Waals surface area contributed by atoms with Gasteiger partial charge in [-0.25, -0.2) is 23.2 Å². The minimum Gasteiger partial charge on any atom is -0.478 e. The Bertz CT molecular complexity index is 2200. The lowest BCUT2D eigenvalue weighted by molar-refractivity contribution is 0.0511. The predicted octanol–water partition coefficient (Wildman–Crippen LogP) is 10.9. The molecule has 0 radical (unpaired) electrons. The lowest BCUT2D eigenvalue weighted by Crippen LogP contribution is -2.25. The van der Waals surface area contributed by atoms with Gasteiger partial charge in [0.2, 0.25) is 0 Å². The number of nitrogens with zero attached hydrogens (tertiary/aromatic N) is 2. The minimum absolute atomic E-state index is 0.0330. The van der Waals surface area contributed by atoms with Gasteiger partial charge in [0, 0.05) is 30.7 Å². The van der Waals surface area contributed by atoms with E-state index in [9.17, 15) is 19.5 Å². The van der Waals surface area contributed by atoms with Crippen molar-refractivity contribution in [3.05, 3.63) is 201 Å². The summed E-state index contributed by atoms with van der Waals surface area (Å²) in [5.74, 6) is -4.18. The van der Waals surface area contributed by atoms with Gasteiger partial charge in [-0.3, -0.25) is 0 Å². The van der Waals surface area contributed by atoms with Crippen molar-refractivity contribution in [1.82, 2.24) is 0 Å². The van der Waals surface area contributed by atoms with Crippen LogP contribution in [0.2, 0.25) is 0 Å². The molecule has 0 heterocycles. The molecule has 58 heavy (non-hydrogen) atoms. The molecule has 0 unspecified atom stereocenters. The highest BCUT2D eigenvalue weighted by Gasteiger charge is 2.25. The molecular weight excluding hydrogens is 806 g/mol. The molecule has 6 aromatic rings. The molecule has 6 rings (SSSR count). The molecule has 0 aromatic heterocycles. The van der Waals surface area contributed by atoms with E-state index in [1.54, 1.807) is 24.8 Å². The standard InChI is InChI=1S/C24H22FNO4.C23H21BrFNO2/c1-2-30-24(29)20-13-19(23(27)28)14-21(22(20)25)26(15-17-9-5-3-6-10-17)16-18-11-7-4-8-12-18;1-2-28-23(27)20-13-19(24)14-21(22(20)25)26(15-17-9-5-3-6-10-17)16-18-11-7-4-8-12-18/h3-14H,2,15-16H2,1H3,(H,27,28);3-14H,2,15-16H2,1H3. The number of halogens is 3. The number of hydrogen-bond donors (Lipinski definition) is 1. The number of hydrogen-bond acceptors (Lipinski definition) is 7. The molecule has 0 bridgehead atoms. The molecule has 0 saturated heterocycles. The second kappa shape index (κ2) is 21.3. The van der Waals surface area contributed by atoms with Gasteiger partial charge in [0.1, 0.15) is 0 Å². The van der Waals surface area contributed by atoms with E-state index in [1.165, 1.54) is 12.1 Å². The minimum atomic E-state index is -1.25. The zero-order valence-corrected chi connectivity index (χ0v) is 33.7. The van der Waals surface area contributed by atoms with E-state index < -0.39 is 35.1 Å². The van der Waals surface area contributed by atoms with E-state index in [0.717, 1.165) is 28.3 Å². The zero-order valence-electron chi connectivity index (χ0n) is 32.1. The number of benzene rings is 6. The fraction of sp³-hybridized carbons (Fsp3) is 0.170. The summed E-state index contributed by atoms with van der Waals surface area (Å²) in [4.78, 5) is 39.8. The maximum Gasteiger partial charge on any atom is 0.341 e. The fourth-order valence-electron chi connectivity index (χ4n) is 6.15. The molecule has 1 N–H and O–H groups in total. The van der Waals surface area contributed by atoms with Gasteiger partial charge < -0.3 is 24.4 Å². The molecule has 11 heteroatoms. The van der Waals surface area contributed by atoms with Crippen LogP contribution in [0.3, 0.4) is 0 Å². The third kappa shape index (κ3) is 11.8. The van der Waals surface area contributed by atoms with Gasteiger partial charge in [0.05, 0.1) is 41.3 Å². The molecule has 0 atom stereocenters. The Balaban J connectivity index is 0.000000221. The molecule has 8 nitrogen and oxygen atoms in total. The largest absolute Gasteiger partial charge is 0.478 e. The summed E-state index contributed by atoms with van der Waals surface area (Å²) in [6.45, 7) is 5.23. The van der Waals surface area contributed by atoms with Crippen LogP contribution in [0.25, 0.3) is 0 Å². The highest BCUT2D eigenvalue weighted by atomic mass is 79.9. The second-order valence-corrected chi connectivity index (χ2v) is 14.0. The molecule has 0 aliphatic rings. The quantitative estimate of drug-likeness (QED) is 0.102. The van der Waals surface area contributed by atoms with Gasteiger partial charge in [0.25, 0.3) is 0 Å². The first-order chi connectivity index (χ1) is 28.1.